The van der Waals surface area contributed by atoms with Gasteiger partial charge >= 0.3 is 0 Å². The average molecular weight is 152 g/mol. The van der Waals surface area contributed by atoms with Crippen molar-refractivity contribution >= 4 is 11.3 Å². The Labute approximate surface area is 66.2 Å². The van der Waals surface area contributed by atoms with E-state index in [0.717, 1.165) is 0 Å². The van der Waals surface area contributed by atoms with E-state index < -0.39 is 0 Å². The van der Waals surface area contributed by atoms with Crippen LogP contribution in [0.15, 0.2) is 29.7 Å². The zero-order valence-corrected chi connectivity index (χ0v) is 7.03. The fourth-order valence-corrected chi connectivity index (χ4v) is 1.57. The molecule has 0 aliphatic heterocycles. The third-order valence-electron chi connectivity index (χ3n) is 1.37. The summed E-state index contributed by atoms with van der Waals surface area (Å²) in [7, 11) is 0. The molecule has 0 unspecified atom stereocenters. The monoisotopic (exact) mass is 152 g/mol. The maximum Gasteiger partial charge on any atom is 0.00482 e. The highest BCUT2D eigenvalue weighted by Crippen LogP contribution is 2.10. The average Bonchev–Trinajstić information content (AvgIpc) is 2.41. The van der Waals surface area contributed by atoms with Crippen molar-refractivity contribution in [1.29, 1.82) is 0 Å². The van der Waals surface area contributed by atoms with Crippen LogP contribution in [0.3, 0.4) is 0 Å². The topological polar surface area (TPSA) is 0 Å². The van der Waals surface area contributed by atoms with Gasteiger partial charge in [0.25, 0.3) is 0 Å². The van der Waals surface area contributed by atoms with Gasteiger partial charge in [0, 0.05) is 4.88 Å². The van der Waals surface area contributed by atoms with Gasteiger partial charge in [-0.25, -0.2) is 0 Å². The molecule has 0 amide bonds. The lowest BCUT2D eigenvalue weighted by atomic mass is 10.2. The molecule has 1 aromatic heterocycles. The van der Waals surface area contributed by atoms with E-state index in [1.807, 2.05) is 11.3 Å². The summed E-state index contributed by atoms with van der Waals surface area (Å²) in [6.45, 7) is 2.06. The first-order valence-electron chi connectivity index (χ1n) is 3.57. The zero-order valence-electron chi connectivity index (χ0n) is 6.21. The molecule has 0 aliphatic rings. The van der Waals surface area contributed by atoms with Gasteiger partial charge in [-0.15, -0.1) is 11.3 Å². The molecule has 1 heteroatoms. The summed E-state index contributed by atoms with van der Waals surface area (Å²) in [6.07, 6.45) is 6.69. The molecular weight excluding hydrogens is 140 g/mol. The van der Waals surface area contributed by atoms with E-state index in [1.165, 1.54) is 17.7 Å². The molecule has 0 saturated heterocycles. The minimum atomic E-state index is 1.18. The minimum Gasteiger partial charge on any atom is -0.149 e. The molecule has 1 heterocycles. The Morgan fingerprint density at radius 3 is 3.10 bits per heavy atom. The van der Waals surface area contributed by atoms with E-state index in [4.69, 9.17) is 0 Å². The van der Waals surface area contributed by atoms with Crippen LogP contribution < -0.4 is 0 Å². The van der Waals surface area contributed by atoms with Crippen LogP contribution in [0.2, 0.25) is 0 Å². The van der Waals surface area contributed by atoms with Crippen LogP contribution in [0.4, 0.5) is 0 Å². The smallest absolute Gasteiger partial charge is 0.00482 e. The van der Waals surface area contributed by atoms with Crippen molar-refractivity contribution in [3.63, 3.8) is 0 Å². The normalized spacial score (nSPS) is 10.9. The Morgan fingerprint density at radius 1 is 1.60 bits per heavy atom. The molecule has 0 fully saturated rings. The minimum absolute atomic E-state index is 1.18. The molecule has 0 aromatic carbocycles. The van der Waals surface area contributed by atoms with E-state index in [0.29, 0.717) is 0 Å². The molecule has 1 aromatic rings. The molecule has 1 rings (SSSR count). The molecule has 0 nitrogen and oxygen atoms in total. The van der Waals surface area contributed by atoms with Gasteiger partial charge in [0.2, 0.25) is 0 Å². The lowest BCUT2D eigenvalue weighted by Crippen LogP contribution is -1.74. The second-order valence-corrected chi connectivity index (χ2v) is 3.22. The third-order valence-corrected chi connectivity index (χ3v) is 2.31. The molecule has 0 aliphatic carbocycles. The highest BCUT2D eigenvalue weighted by Gasteiger charge is 1.88. The Morgan fingerprint density at radius 2 is 2.50 bits per heavy atom. The summed E-state index contributed by atoms with van der Waals surface area (Å²) in [4.78, 5) is 1.48. The van der Waals surface area contributed by atoms with Crippen LogP contribution in [-0.2, 0) is 6.42 Å². The molecular formula is C9H12S. The maximum absolute atomic E-state index is 2.21. The van der Waals surface area contributed by atoms with Crippen molar-refractivity contribution in [2.75, 3.05) is 0 Å². The standard InChI is InChI=1S/C9H12S/c1-2-3-4-6-9-7-5-8-10-9/h2-3,5,7-8H,4,6H2,1H3/b3-2+. The lowest BCUT2D eigenvalue weighted by molar-refractivity contribution is 1.02. The molecule has 0 bridgehead atoms. The van der Waals surface area contributed by atoms with Gasteiger partial charge in [-0.05, 0) is 31.2 Å². The summed E-state index contributed by atoms with van der Waals surface area (Å²) in [6, 6.07) is 4.30. The number of hydrogen-bond donors (Lipinski definition) is 0. The third kappa shape index (κ3) is 2.36. The largest absolute Gasteiger partial charge is 0.149 e. The van der Waals surface area contributed by atoms with E-state index in [9.17, 15) is 0 Å². The van der Waals surface area contributed by atoms with Crippen LogP contribution in [0.25, 0.3) is 0 Å². The fraction of sp³-hybridized carbons (Fsp3) is 0.333. The molecule has 0 N–H and O–H groups in total. The molecule has 54 valence electrons. The summed E-state index contributed by atoms with van der Waals surface area (Å²) in [5, 5.41) is 2.13. The Bertz CT molecular complexity index is 185. The summed E-state index contributed by atoms with van der Waals surface area (Å²) in [5.74, 6) is 0. The highest BCUT2D eigenvalue weighted by molar-refractivity contribution is 7.09. The van der Waals surface area contributed by atoms with Crippen molar-refractivity contribution in [3.8, 4) is 0 Å². The Balaban J connectivity index is 2.28. The predicted molar refractivity (Wildman–Crippen MR) is 47.5 cm³/mol. The summed E-state index contributed by atoms with van der Waals surface area (Å²) < 4.78 is 0. The van der Waals surface area contributed by atoms with Crippen LogP contribution in [0.1, 0.15) is 18.2 Å². The van der Waals surface area contributed by atoms with Gasteiger partial charge in [-0.2, -0.15) is 0 Å². The Kier molecular flexibility index (Phi) is 3.23. The summed E-state index contributed by atoms with van der Waals surface area (Å²) >= 11 is 1.84. The van der Waals surface area contributed by atoms with Crippen molar-refractivity contribution in [2.45, 2.75) is 19.8 Å². The molecule has 0 atom stereocenters. The van der Waals surface area contributed by atoms with Crippen molar-refractivity contribution in [2.24, 2.45) is 0 Å². The Hall–Kier alpha value is -0.560. The van der Waals surface area contributed by atoms with E-state index in [2.05, 4.69) is 36.6 Å². The van der Waals surface area contributed by atoms with Gasteiger partial charge in [0.05, 0.1) is 0 Å². The van der Waals surface area contributed by atoms with Crippen molar-refractivity contribution < 1.29 is 0 Å². The van der Waals surface area contributed by atoms with E-state index >= 15 is 0 Å². The molecule has 0 radical (unpaired) electrons. The van der Waals surface area contributed by atoms with Crippen molar-refractivity contribution in [1.82, 2.24) is 0 Å². The van der Waals surface area contributed by atoms with Crippen molar-refractivity contribution in [3.05, 3.63) is 34.5 Å². The number of allylic oxidation sites excluding steroid dienone is 2. The van der Waals surface area contributed by atoms with Gasteiger partial charge in [0.15, 0.2) is 0 Å². The SMILES string of the molecule is C/C=C/CCc1cccs1. The fourth-order valence-electron chi connectivity index (χ4n) is 0.847. The number of rotatable bonds is 3. The molecule has 0 spiro atoms. The van der Waals surface area contributed by atoms with Gasteiger partial charge < -0.3 is 0 Å². The first-order chi connectivity index (χ1) is 4.93. The first-order valence-corrected chi connectivity index (χ1v) is 4.45. The summed E-state index contributed by atoms with van der Waals surface area (Å²) in [5.41, 5.74) is 0. The highest BCUT2D eigenvalue weighted by atomic mass is 32.1. The van der Waals surface area contributed by atoms with Gasteiger partial charge in [0.1, 0.15) is 0 Å². The second-order valence-electron chi connectivity index (χ2n) is 2.19. The predicted octanol–water partition coefficient (Wildman–Crippen LogP) is 3.26. The molecule has 10 heavy (non-hydrogen) atoms. The second kappa shape index (κ2) is 4.29. The zero-order chi connectivity index (χ0) is 7.23. The maximum atomic E-state index is 2.21. The van der Waals surface area contributed by atoms with Crippen LogP contribution in [0.5, 0.6) is 0 Å². The number of thiophene rings is 1. The first kappa shape index (κ1) is 7.55. The lowest BCUT2D eigenvalue weighted by Gasteiger charge is -1.88. The van der Waals surface area contributed by atoms with Gasteiger partial charge in [-0.3, -0.25) is 0 Å². The number of hydrogen-bond acceptors (Lipinski definition) is 1. The van der Waals surface area contributed by atoms with Crippen LogP contribution in [-0.4, -0.2) is 0 Å². The molecule has 0 saturated carbocycles. The van der Waals surface area contributed by atoms with E-state index in [-0.39, 0.29) is 0 Å². The van der Waals surface area contributed by atoms with E-state index in [1.54, 1.807) is 0 Å². The van der Waals surface area contributed by atoms with Gasteiger partial charge in [-0.1, -0.05) is 18.2 Å². The van der Waals surface area contributed by atoms with Crippen LogP contribution in [0, 0.1) is 0 Å². The van der Waals surface area contributed by atoms with Crippen LogP contribution >= 0.6 is 11.3 Å². The quantitative estimate of drug-likeness (QED) is 0.583. The number of aryl methyl sites for hydroxylation is 1.